The second-order valence-electron chi connectivity index (χ2n) is 4.15. The van der Waals surface area contributed by atoms with E-state index in [2.05, 4.69) is 5.10 Å². The Morgan fingerprint density at radius 2 is 2.12 bits per heavy atom. The molecule has 0 saturated heterocycles. The number of nitrogens with zero attached hydrogens (tertiary/aromatic N) is 3. The Balaban J connectivity index is 2.99. The molecule has 0 atom stereocenters. The van der Waals surface area contributed by atoms with E-state index in [9.17, 15) is 4.79 Å². The van der Waals surface area contributed by atoms with E-state index in [-0.39, 0.29) is 17.2 Å². The number of nitriles is 1. The van der Waals surface area contributed by atoms with Crippen LogP contribution in [-0.2, 0) is 11.3 Å². The lowest BCUT2D eigenvalue weighted by molar-refractivity contribution is 0.0701. The summed E-state index contributed by atoms with van der Waals surface area (Å²) in [5.74, 6) is 0. The van der Waals surface area contributed by atoms with E-state index in [0.29, 0.717) is 24.4 Å². The largest absolute Gasteiger partial charge is 0.377 e. The third kappa shape index (κ3) is 3.14. The molecule has 0 radical (unpaired) electrons. The maximum atomic E-state index is 11.9. The van der Waals surface area contributed by atoms with Crippen molar-refractivity contribution in [3.63, 3.8) is 0 Å². The fraction of sp³-hybridized carbons (Fsp3) is 0.583. The van der Waals surface area contributed by atoms with Crippen molar-refractivity contribution >= 4 is 0 Å². The van der Waals surface area contributed by atoms with Gasteiger partial charge in [0.2, 0.25) is 0 Å². The van der Waals surface area contributed by atoms with Crippen molar-refractivity contribution in [3.8, 4) is 6.07 Å². The Labute approximate surface area is 101 Å². The SMILES string of the molecule is Cc1nn(CCOC(C)C)c(=O)c(C#N)c1C. The van der Waals surface area contributed by atoms with Crippen LogP contribution in [-0.4, -0.2) is 22.5 Å². The first-order valence-corrected chi connectivity index (χ1v) is 5.57. The third-order valence-corrected chi connectivity index (χ3v) is 2.50. The van der Waals surface area contributed by atoms with E-state index in [0.717, 1.165) is 0 Å². The molecule has 5 nitrogen and oxygen atoms in total. The van der Waals surface area contributed by atoms with Crippen molar-refractivity contribution < 1.29 is 4.74 Å². The molecule has 0 amide bonds. The zero-order valence-corrected chi connectivity index (χ0v) is 10.6. The number of rotatable bonds is 4. The van der Waals surface area contributed by atoms with Gasteiger partial charge in [0.05, 0.1) is 24.9 Å². The lowest BCUT2D eigenvalue weighted by Crippen LogP contribution is -2.29. The maximum absolute atomic E-state index is 11.9. The van der Waals surface area contributed by atoms with Crippen LogP contribution in [0.25, 0.3) is 0 Å². The summed E-state index contributed by atoms with van der Waals surface area (Å²) in [7, 11) is 0. The first-order valence-electron chi connectivity index (χ1n) is 5.57. The van der Waals surface area contributed by atoms with Gasteiger partial charge in [-0.1, -0.05) is 0 Å². The number of hydrogen-bond acceptors (Lipinski definition) is 4. The van der Waals surface area contributed by atoms with Crippen molar-refractivity contribution in [3.05, 3.63) is 27.2 Å². The molecule has 0 spiro atoms. The molecule has 1 aromatic heterocycles. The molecule has 1 aromatic rings. The summed E-state index contributed by atoms with van der Waals surface area (Å²) >= 11 is 0. The van der Waals surface area contributed by atoms with Crippen molar-refractivity contribution in [1.29, 1.82) is 5.26 Å². The molecule has 1 rings (SSSR count). The average molecular weight is 235 g/mol. The molecule has 0 saturated carbocycles. The van der Waals surface area contributed by atoms with E-state index in [1.807, 2.05) is 19.9 Å². The Morgan fingerprint density at radius 1 is 1.47 bits per heavy atom. The van der Waals surface area contributed by atoms with E-state index < -0.39 is 0 Å². The van der Waals surface area contributed by atoms with Crippen LogP contribution >= 0.6 is 0 Å². The number of hydrogen-bond donors (Lipinski definition) is 0. The lowest BCUT2D eigenvalue weighted by atomic mass is 10.1. The molecule has 0 unspecified atom stereocenters. The molecule has 92 valence electrons. The quantitative estimate of drug-likeness (QED) is 0.785. The van der Waals surface area contributed by atoms with E-state index in [4.69, 9.17) is 10.00 Å². The van der Waals surface area contributed by atoms with E-state index >= 15 is 0 Å². The van der Waals surface area contributed by atoms with Gasteiger partial charge in [0.15, 0.2) is 0 Å². The molecule has 5 heteroatoms. The fourth-order valence-corrected chi connectivity index (χ4v) is 1.43. The second-order valence-corrected chi connectivity index (χ2v) is 4.15. The number of aryl methyl sites for hydroxylation is 1. The first kappa shape index (κ1) is 13.4. The topological polar surface area (TPSA) is 67.9 Å². The summed E-state index contributed by atoms with van der Waals surface area (Å²) in [6.07, 6.45) is 0.118. The van der Waals surface area contributed by atoms with E-state index in [1.165, 1.54) is 4.68 Å². The van der Waals surface area contributed by atoms with Crippen molar-refractivity contribution in [2.45, 2.75) is 40.3 Å². The summed E-state index contributed by atoms with van der Waals surface area (Å²) in [5, 5.41) is 13.1. The molecule has 17 heavy (non-hydrogen) atoms. The van der Waals surface area contributed by atoms with Crippen molar-refractivity contribution in [1.82, 2.24) is 9.78 Å². The predicted molar refractivity (Wildman–Crippen MR) is 63.8 cm³/mol. The molecule has 0 aliphatic heterocycles. The normalized spacial score (nSPS) is 10.6. The highest BCUT2D eigenvalue weighted by molar-refractivity contribution is 5.36. The highest BCUT2D eigenvalue weighted by atomic mass is 16.5. The van der Waals surface area contributed by atoms with Crippen molar-refractivity contribution in [2.24, 2.45) is 0 Å². The third-order valence-electron chi connectivity index (χ3n) is 2.50. The molecular formula is C12H17N3O2. The van der Waals surface area contributed by atoms with Crippen LogP contribution in [0.3, 0.4) is 0 Å². The smallest absolute Gasteiger partial charge is 0.285 e. The molecular weight excluding hydrogens is 218 g/mol. The molecule has 0 aliphatic rings. The van der Waals surface area contributed by atoms with Crippen LogP contribution in [0.2, 0.25) is 0 Å². The van der Waals surface area contributed by atoms with Crippen LogP contribution in [0.1, 0.15) is 30.7 Å². The van der Waals surface area contributed by atoms with Crippen LogP contribution in [0, 0.1) is 25.2 Å². The minimum atomic E-state index is -0.344. The zero-order chi connectivity index (χ0) is 13.0. The standard InChI is InChI=1S/C12H17N3O2/c1-8(2)17-6-5-15-12(16)11(7-13)9(3)10(4)14-15/h8H,5-6H2,1-4H3. The Bertz CT molecular complexity index is 498. The minimum absolute atomic E-state index is 0.118. The van der Waals surface area contributed by atoms with Gasteiger partial charge in [0.1, 0.15) is 11.6 Å². The van der Waals surface area contributed by atoms with E-state index in [1.54, 1.807) is 13.8 Å². The van der Waals surface area contributed by atoms with Crippen LogP contribution in [0.15, 0.2) is 4.79 Å². The van der Waals surface area contributed by atoms with Crippen LogP contribution in [0.4, 0.5) is 0 Å². The van der Waals surface area contributed by atoms with Gasteiger partial charge in [-0.3, -0.25) is 4.79 Å². The average Bonchev–Trinajstić information content (AvgIpc) is 2.26. The summed E-state index contributed by atoms with van der Waals surface area (Å²) in [5.41, 5.74) is 1.18. The maximum Gasteiger partial charge on any atom is 0.285 e. The van der Waals surface area contributed by atoms with Gasteiger partial charge in [-0.15, -0.1) is 0 Å². The second kappa shape index (κ2) is 5.60. The minimum Gasteiger partial charge on any atom is -0.377 e. The van der Waals surface area contributed by atoms with Gasteiger partial charge in [0.25, 0.3) is 5.56 Å². The summed E-state index contributed by atoms with van der Waals surface area (Å²) in [6, 6.07) is 1.93. The number of aromatic nitrogens is 2. The van der Waals surface area contributed by atoms with Crippen LogP contribution < -0.4 is 5.56 Å². The highest BCUT2D eigenvalue weighted by Gasteiger charge is 2.11. The van der Waals surface area contributed by atoms with Gasteiger partial charge < -0.3 is 4.74 Å². The van der Waals surface area contributed by atoms with Crippen molar-refractivity contribution in [2.75, 3.05) is 6.61 Å². The molecule has 0 aromatic carbocycles. The molecule has 0 aliphatic carbocycles. The fourth-order valence-electron chi connectivity index (χ4n) is 1.43. The zero-order valence-electron chi connectivity index (χ0n) is 10.6. The van der Waals surface area contributed by atoms with Gasteiger partial charge in [0, 0.05) is 0 Å². The monoisotopic (exact) mass is 235 g/mol. The molecule has 0 fully saturated rings. The Hall–Kier alpha value is -1.67. The Kier molecular flexibility index (Phi) is 4.41. The summed E-state index contributed by atoms with van der Waals surface area (Å²) in [4.78, 5) is 11.9. The Morgan fingerprint density at radius 3 is 2.65 bits per heavy atom. The predicted octanol–water partition coefficient (Wildman–Crippen LogP) is 1.16. The number of ether oxygens (including phenoxy) is 1. The highest BCUT2D eigenvalue weighted by Crippen LogP contribution is 2.04. The molecule has 0 bridgehead atoms. The first-order chi connectivity index (χ1) is 7.97. The summed E-state index contributed by atoms with van der Waals surface area (Å²) in [6.45, 7) is 8.16. The van der Waals surface area contributed by atoms with Gasteiger partial charge >= 0.3 is 0 Å². The van der Waals surface area contributed by atoms with Gasteiger partial charge in [-0.2, -0.15) is 10.4 Å². The molecule has 0 N–H and O–H groups in total. The van der Waals surface area contributed by atoms with Gasteiger partial charge in [-0.25, -0.2) is 4.68 Å². The van der Waals surface area contributed by atoms with Crippen LogP contribution in [0.5, 0.6) is 0 Å². The lowest BCUT2D eigenvalue weighted by Gasteiger charge is -2.10. The summed E-state index contributed by atoms with van der Waals surface area (Å²) < 4.78 is 6.66. The molecule has 1 heterocycles. The van der Waals surface area contributed by atoms with Gasteiger partial charge in [-0.05, 0) is 33.3 Å².